The van der Waals surface area contributed by atoms with Gasteiger partial charge in [-0.15, -0.1) is 0 Å². The molecule has 0 saturated heterocycles. The van der Waals surface area contributed by atoms with E-state index in [2.05, 4.69) is 58.3 Å². The summed E-state index contributed by atoms with van der Waals surface area (Å²) < 4.78 is 3.09. The first-order chi connectivity index (χ1) is 8.76. The molecule has 2 nitrogen and oxygen atoms in total. The smallest absolute Gasteiger partial charge is 0.137 e. The molecule has 18 heavy (non-hydrogen) atoms. The molecule has 3 heteroatoms. The van der Waals surface area contributed by atoms with E-state index >= 15 is 0 Å². The number of hydrogen-bond acceptors (Lipinski definition) is 1. The summed E-state index contributed by atoms with van der Waals surface area (Å²) in [5.41, 5.74) is 4.49. The number of fused-ring (bicyclic) bond motifs is 1. The van der Waals surface area contributed by atoms with Crippen LogP contribution < -0.4 is 0 Å². The lowest BCUT2D eigenvalue weighted by atomic mass is 10.1. The molecule has 0 radical (unpaired) electrons. The van der Waals surface area contributed by atoms with Crippen LogP contribution in [-0.4, -0.2) is 9.38 Å². The predicted octanol–water partition coefficient (Wildman–Crippen LogP) is 4.33. The molecule has 0 N–H and O–H groups in total. The molecular weight excluding hydrogens is 288 g/mol. The molecule has 0 fully saturated rings. The second-order valence-corrected chi connectivity index (χ2v) is 5.21. The van der Waals surface area contributed by atoms with Crippen molar-refractivity contribution in [2.24, 2.45) is 0 Å². The van der Waals surface area contributed by atoms with Gasteiger partial charge in [-0.3, -0.25) is 0 Å². The van der Waals surface area contributed by atoms with Gasteiger partial charge in [0.15, 0.2) is 0 Å². The van der Waals surface area contributed by atoms with Gasteiger partial charge in [0.2, 0.25) is 0 Å². The molecular formula is C15H13BrN2. The zero-order chi connectivity index (χ0) is 12.5. The van der Waals surface area contributed by atoms with Crippen molar-refractivity contribution in [3.05, 3.63) is 58.8 Å². The zero-order valence-electron chi connectivity index (χ0n) is 10.1. The highest BCUT2D eigenvalue weighted by molar-refractivity contribution is 9.10. The van der Waals surface area contributed by atoms with Gasteiger partial charge in [-0.25, -0.2) is 4.98 Å². The number of aryl methyl sites for hydroxylation is 1. The number of aromatic nitrogens is 2. The highest BCUT2D eigenvalue weighted by atomic mass is 79.9. The third-order valence-corrected chi connectivity index (χ3v) is 3.54. The minimum Gasteiger partial charge on any atom is -0.305 e. The van der Waals surface area contributed by atoms with E-state index < -0.39 is 0 Å². The van der Waals surface area contributed by atoms with Gasteiger partial charge in [-0.1, -0.05) is 31.2 Å². The van der Waals surface area contributed by atoms with Crippen LogP contribution in [0.1, 0.15) is 12.5 Å². The van der Waals surface area contributed by atoms with Crippen molar-refractivity contribution in [1.82, 2.24) is 9.38 Å². The maximum absolute atomic E-state index is 4.62. The Morgan fingerprint density at radius 3 is 2.56 bits per heavy atom. The maximum atomic E-state index is 4.62. The first-order valence-electron chi connectivity index (χ1n) is 6.00. The largest absolute Gasteiger partial charge is 0.305 e. The number of nitrogens with zero attached hydrogens (tertiary/aromatic N) is 2. The quantitative estimate of drug-likeness (QED) is 0.689. The van der Waals surface area contributed by atoms with E-state index in [1.54, 1.807) is 0 Å². The predicted molar refractivity (Wildman–Crippen MR) is 77.7 cm³/mol. The average molecular weight is 301 g/mol. The van der Waals surface area contributed by atoms with Crippen LogP contribution in [-0.2, 0) is 6.42 Å². The Balaban J connectivity index is 2.07. The third-order valence-electron chi connectivity index (χ3n) is 3.07. The van der Waals surface area contributed by atoms with Gasteiger partial charge in [0.1, 0.15) is 5.65 Å². The molecule has 1 aromatic carbocycles. The van der Waals surface area contributed by atoms with Gasteiger partial charge >= 0.3 is 0 Å². The molecule has 0 spiro atoms. The Labute approximate surface area is 114 Å². The first kappa shape index (κ1) is 11.5. The summed E-state index contributed by atoms with van der Waals surface area (Å²) in [6.45, 7) is 2.16. The lowest BCUT2D eigenvalue weighted by molar-refractivity contribution is 1.14. The van der Waals surface area contributed by atoms with Gasteiger partial charge in [0.25, 0.3) is 0 Å². The lowest BCUT2D eigenvalue weighted by Gasteiger charge is -1.98. The molecule has 3 aromatic rings. The second kappa shape index (κ2) is 4.58. The monoisotopic (exact) mass is 300 g/mol. The molecule has 0 unspecified atom stereocenters. The minimum absolute atomic E-state index is 0.966. The van der Waals surface area contributed by atoms with E-state index in [1.807, 2.05) is 22.7 Å². The number of pyridine rings is 1. The molecule has 0 aliphatic heterocycles. The van der Waals surface area contributed by atoms with Crippen molar-refractivity contribution in [3.8, 4) is 11.3 Å². The van der Waals surface area contributed by atoms with Gasteiger partial charge in [-0.2, -0.15) is 0 Å². The van der Waals surface area contributed by atoms with E-state index in [0.717, 1.165) is 27.8 Å². The molecule has 0 aliphatic rings. The van der Waals surface area contributed by atoms with Crippen molar-refractivity contribution >= 4 is 21.6 Å². The van der Waals surface area contributed by atoms with Gasteiger partial charge in [0, 0.05) is 22.4 Å². The van der Waals surface area contributed by atoms with Crippen molar-refractivity contribution in [3.63, 3.8) is 0 Å². The zero-order valence-corrected chi connectivity index (χ0v) is 11.7. The van der Waals surface area contributed by atoms with Crippen LogP contribution in [0.2, 0.25) is 0 Å². The van der Waals surface area contributed by atoms with Crippen LogP contribution in [0, 0.1) is 0 Å². The second-order valence-electron chi connectivity index (χ2n) is 4.29. The summed E-state index contributed by atoms with van der Waals surface area (Å²) in [4.78, 5) is 4.62. The van der Waals surface area contributed by atoms with E-state index in [-0.39, 0.29) is 0 Å². The van der Waals surface area contributed by atoms with Crippen LogP contribution in [0.3, 0.4) is 0 Å². The fourth-order valence-electron chi connectivity index (χ4n) is 2.01. The fraction of sp³-hybridized carbons (Fsp3) is 0.133. The number of benzene rings is 1. The summed E-state index contributed by atoms with van der Waals surface area (Å²) >= 11 is 3.47. The molecule has 2 heterocycles. The molecule has 0 amide bonds. The van der Waals surface area contributed by atoms with Crippen molar-refractivity contribution < 1.29 is 0 Å². The van der Waals surface area contributed by atoms with Crippen LogP contribution in [0.15, 0.2) is 53.3 Å². The number of halogens is 1. The first-order valence-corrected chi connectivity index (χ1v) is 6.79. The summed E-state index contributed by atoms with van der Waals surface area (Å²) in [7, 11) is 0. The summed E-state index contributed by atoms with van der Waals surface area (Å²) in [5.74, 6) is 0. The molecule has 90 valence electrons. The number of rotatable bonds is 2. The van der Waals surface area contributed by atoms with Crippen molar-refractivity contribution in [2.75, 3.05) is 0 Å². The van der Waals surface area contributed by atoms with E-state index in [0.29, 0.717) is 0 Å². The standard InChI is InChI=1S/C15H13BrN2/c1-2-11-3-5-12(6-4-11)14-10-18-9-13(16)7-8-15(18)17-14/h3-10H,2H2,1H3. The summed E-state index contributed by atoms with van der Waals surface area (Å²) in [6.07, 6.45) is 5.14. The minimum atomic E-state index is 0.966. The Bertz CT molecular complexity index is 683. The summed E-state index contributed by atoms with van der Waals surface area (Å²) in [5, 5.41) is 0. The SMILES string of the molecule is CCc1ccc(-c2cn3cc(Br)ccc3n2)cc1. The fourth-order valence-corrected chi connectivity index (χ4v) is 2.37. The maximum Gasteiger partial charge on any atom is 0.137 e. The van der Waals surface area contributed by atoms with Gasteiger partial charge in [-0.05, 0) is 40.0 Å². The lowest BCUT2D eigenvalue weighted by Crippen LogP contribution is -1.81. The molecule has 0 atom stereocenters. The van der Waals surface area contributed by atoms with Crippen LogP contribution >= 0.6 is 15.9 Å². The normalized spacial score (nSPS) is 11.0. The highest BCUT2D eigenvalue weighted by Crippen LogP contribution is 2.21. The summed E-state index contributed by atoms with van der Waals surface area (Å²) in [6, 6.07) is 12.6. The Hall–Kier alpha value is -1.61. The highest BCUT2D eigenvalue weighted by Gasteiger charge is 2.04. The number of hydrogen-bond donors (Lipinski definition) is 0. The Morgan fingerprint density at radius 2 is 1.83 bits per heavy atom. The van der Waals surface area contributed by atoms with Gasteiger partial charge < -0.3 is 4.40 Å². The molecule has 2 aromatic heterocycles. The van der Waals surface area contributed by atoms with Crippen molar-refractivity contribution in [2.45, 2.75) is 13.3 Å². The van der Waals surface area contributed by atoms with Crippen LogP contribution in [0.5, 0.6) is 0 Å². The molecule has 0 bridgehead atoms. The Morgan fingerprint density at radius 1 is 1.06 bits per heavy atom. The van der Waals surface area contributed by atoms with E-state index in [9.17, 15) is 0 Å². The molecule has 0 aliphatic carbocycles. The third kappa shape index (κ3) is 2.06. The topological polar surface area (TPSA) is 17.3 Å². The van der Waals surface area contributed by atoms with Crippen LogP contribution in [0.25, 0.3) is 16.9 Å². The van der Waals surface area contributed by atoms with Gasteiger partial charge in [0.05, 0.1) is 5.69 Å². The Kier molecular flexibility index (Phi) is 2.92. The van der Waals surface area contributed by atoms with E-state index in [1.165, 1.54) is 5.56 Å². The average Bonchev–Trinajstić information content (AvgIpc) is 2.81. The number of imidazole rings is 1. The molecule has 0 saturated carbocycles. The van der Waals surface area contributed by atoms with E-state index in [4.69, 9.17) is 0 Å². The molecule has 3 rings (SSSR count). The van der Waals surface area contributed by atoms with Crippen LogP contribution in [0.4, 0.5) is 0 Å². The van der Waals surface area contributed by atoms with Crippen molar-refractivity contribution in [1.29, 1.82) is 0 Å².